The number of hydrogen-bond acceptors (Lipinski definition) is 4. The van der Waals surface area contributed by atoms with E-state index in [1.807, 2.05) is 25.1 Å². The summed E-state index contributed by atoms with van der Waals surface area (Å²) in [5, 5.41) is 2.86. The molecule has 1 N–H and O–H groups in total. The molecular formula is C24H20N2O4. The summed E-state index contributed by atoms with van der Waals surface area (Å²) in [4.78, 5) is 39.3. The first-order valence-corrected chi connectivity index (χ1v) is 9.48. The number of benzene rings is 3. The van der Waals surface area contributed by atoms with Gasteiger partial charge in [0.15, 0.2) is 0 Å². The highest BCUT2D eigenvalue weighted by molar-refractivity contribution is 6.21. The topological polar surface area (TPSA) is 75.7 Å². The molecule has 0 aromatic heterocycles. The largest absolute Gasteiger partial charge is 0.496 e. The number of hydrogen-bond donors (Lipinski definition) is 1. The maximum Gasteiger partial charge on any atom is 0.261 e. The Morgan fingerprint density at radius 1 is 0.933 bits per heavy atom. The smallest absolute Gasteiger partial charge is 0.261 e. The average molecular weight is 400 g/mol. The number of methoxy groups -OCH3 is 1. The van der Waals surface area contributed by atoms with E-state index in [1.54, 1.807) is 48.5 Å². The average Bonchev–Trinajstić information content (AvgIpc) is 2.99. The Kier molecular flexibility index (Phi) is 5.06. The van der Waals surface area contributed by atoms with Crippen LogP contribution in [0.5, 0.6) is 5.75 Å². The van der Waals surface area contributed by atoms with E-state index in [1.165, 1.54) is 12.0 Å². The van der Waals surface area contributed by atoms with Gasteiger partial charge in [-0.05, 0) is 54.4 Å². The zero-order chi connectivity index (χ0) is 21.3. The van der Waals surface area contributed by atoms with E-state index in [-0.39, 0.29) is 24.3 Å². The molecule has 3 amide bonds. The zero-order valence-corrected chi connectivity index (χ0v) is 16.6. The fourth-order valence-electron chi connectivity index (χ4n) is 3.52. The van der Waals surface area contributed by atoms with Crippen molar-refractivity contribution in [3.8, 4) is 5.75 Å². The van der Waals surface area contributed by atoms with Gasteiger partial charge in [0.25, 0.3) is 17.7 Å². The fourth-order valence-corrected chi connectivity index (χ4v) is 3.52. The lowest BCUT2D eigenvalue weighted by Crippen LogP contribution is -2.29. The van der Waals surface area contributed by atoms with Crippen molar-refractivity contribution < 1.29 is 19.1 Å². The molecule has 3 aromatic carbocycles. The molecule has 0 atom stereocenters. The molecule has 0 spiro atoms. The van der Waals surface area contributed by atoms with Gasteiger partial charge < -0.3 is 10.1 Å². The quantitative estimate of drug-likeness (QED) is 0.656. The van der Waals surface area contributed by atoms with E-state index in [0.29, 0.717) is 33.7 Å². The van der Waals surface area contributed by atoms with Crippen LogP contribution in [0, 0.1) is 6.92 Å². The van der Waals surface area contributed by atoms with Crippen molar-refractivity contribution in [2.24, 2.45) is 0 Å². The van der Waals surface area contributed by atoms with Crippen molar-refractivity contribution in [2.75, 3.05) is 12.4 Å². The molecule has 6 heteroatoms. The summed E-state index contributed by atoms with van der Waals surface area (Å²) < 4.78 is 5.34. The van der Waals surface area contributed by atoms with E-state index >= 15 is 0 Å². The third kappa shape index (κ3) is 3.55. The van der Waals surface area contributed by atoms with Crippen molar-refractivity contribution in [2.45, 2.75) is 13.5 Å². The maximum absolute atomic E-state index is 12.9. The van der Waals surface area contributed by atoms with E-state index < -0.39 is 0 Å². The Bertz CT molecular complexity index is 1130. The van der Waals surface area contributed by atoms with Gasteiger partial charge in [-0.25, -0.2) is 0 Å². The van der Waals surface area contributed by atoms with Gasteiger partial charge in [0, 0.05) is 5.69 Å². The molecule has 6 nitrogen and oxygen atoms in total. The zero-order valence-electron chi connectivity index (χ0n) is 16.6. The standard InChI is InChI=1S/C24H20N2O4/c1-15-6-5-7-17(12-15)25-22(27)20-13-16(10-11-21(20)30-2)14-26-23(28)18-8-3-4-9-19(18)24(26)29/h3-13H,14H2,1-2H3,(H,25,27). The van der Waals surface area contributed by atoms with Crippen LogP contribution in [0.4, 0.5) is 5.69 Å². The molecule has 1 heterocycles. The van der Waals surface area contributed by atoms with Crippen LogP contribution in [0.15, 0.2) is 66.7 Å². The van der Waals surface area contributed by atoms with Gasteiger partial charge in [-0.15, -0.1) is 0 Å². The normalized spacial score (nSPS) is 12.7. The second-order valence-electron chi connectivity index (χ2n) is 7.10. The molecule has 0 fully saturated rings. The molecule has 1 aliphatic rings. The molecule has 4 rings (SSSR count). The van der Waals surface area contributed by atoms with Crippen LogP contribution in [0.1, 0.15) is 42.2 Å². The second-order valence-corrected chi connectivity index (χ2v) is 7.10. The van der Waals surface area contributed by atoms with Gasteiger partial charge in [0.2, 0.25) is 0 Å². The van der Waals surface area contributed by atoms with Gasteiger partial charge in [0.05, 0.1) is 30.3 Å². The summed E-state index contributed by atoms with van der Waals surface area (Å²) in [7, 11) is 1.49. The van der Waals surface area contributed by atoms with Crippen LogP contribution in [-0.2, 0) is 6.54 Å². The highest BCUT2D eigenvalue weighted by Crippen LogP contribution is 2.27. The van der Waals surface area contributed by atoms with Crippen LogP contribution in [-0.4, -0.2) is 29.7 Å². The van der Waals surface area contributed by atoms with Gasteiger partial charge in [0.1, 0.15) is 5.75 Å². The van der Waals surface area contributed by atoms with Crippen molar-refractivity contribution in [3.63, 3.8) is 0 Å². The summed E-state index contributed by atoms with van der Waals surface area (Å²) in [5.41, 5.74) is 3.47. The molecule has 0 bridgehead atoms. The number of fused-ring (bicyclic) bond motifs is 1. The summed E-state index contributed by atoms with van der Waals surface area (Å²) >= 11 is 0. The summed E-state index contributed by atoms with van der Waals surface area (Å²) in [6.45, 7) is 2.01. The van der Waals surface area contributed by atoms with Crippen molar-refractivity contribution >= 4 is 23.4 Å². The minimum atomic E-state index is -0.336. The van der Waals surface area contributed by atoms with Gasteiger partial charge in [-0.2, -0.15) is 0 Å². The van der Waals surface area contributed by atoms with Crippen LogP contribution in [0.3, 0.4) is 0 Å². The Morgan fingerprint density at radius 2 is 1.63 bits per heavy atom. The molecule has 150 valence electrons. The highest BCUT2D eigenvalue weighted by Gasteiger charge is 2.35. The number of carbonyl (C=O) groups is 3. The lowest BCUT2D eigenvalue weighted by atomic mass is 10.1. The van der Waals surface area contributed by atoms with Crippen molar-refractivity contribution in [3.05, 3.63) is 94.5 Å². The number of nitrogens with one attached hydrogen (secondary N) is 1. The molecule has 0 radical (unpaired) electrons. The van der Waals surface area contributed by atoms with Crippen LogP contribution < -0.4 is 10.1 Å². The third-order valence-electron chi connectivity index (χ3n) is 5.00. The third-order valence-corrected chi connectivity index (χ3v) is 5.00. The van der Waals surface area contributed by atoms with Gasteiger partial charge in [-0.1, -0.05) is 30.3 Å². The van der Waals surface area contributed by atoms with Gasteiger partial charge in [-0.3, -0.25) is 19.3 Å². The van der Waals surface area contributed by atoms with Crippen LogP contribution >= 0.6 is 0 Å². The first kappa shape index (κ1) is 19.4. The first-order valence-electron chi connectivity index (χ1n) is 9.48. The predicted octanol–water partition coefficient (Wildman–Crippen LogP) is 4.05. The number of amides is 3. The number of nitrogens with zero attached hydrogens (tertiary/aromatic N) is 1. The molecule has 0 unspecified atom stereocenters. The van der Waals surface area contributed by atoms with Crippen molar-refractivity contribution in [1.82, 2.24) is 4.90 Å². The number of imide groups is 1. The number of anilines is 1. The van der Waals surface area contributed by atoms with E-state index in [0.717, 1.165) is 5.56 Å². The van der Waals surface area contributed by atoms with Crippen molar-refractivity contribution in [1.29, 1.82) is 0 Å². The fraction of sp³-hybridized carbons (Fsp3) is 0.125. The van der Waals surface area contributed by atoms with E-state index in [4.69, 9.17) is 4.74 Å². The number of rotatable bonds is 5. The lowest BCUT2D eigenvalue weighted by Gasteiger charge is -2.16. The summed E-state index contributed by atoms with van der Waals surface area (Å²) in [5.74, 6) is -0.595. The SMILES string of the molecule is COc1ccc(CN2C(=O)c3ccccc3C2=O)cc1C(=O)Nc1cccc(C)c1. The molecule has 0 aliphatic carbocycles. The van der Waals surface area contributed by atoms with Crippen LogP contribution in [0.25, 0.3) is 0 Å². The Hall–Kier alpha value is -3.93. The lowest BCUT2D eigenvalue weighted by molar-refractivity contribution is 0.0642. The first-order chi connectivity index (χ1) is 14.5. The number of carbonyl (C=O) groups excluding carboxylic acids is 3. The molecule has 0 saturated heterocycles. The Morgan fingerprint density at radius 3 is 2.27 bits per heavy atom. The number of ether oxygens (including phenoxy) is 1. The summed E-state index contributed by atoms with van der Waals surface area (Å²) in [6, 6.07) is 19.3. The molecule has 3 aromatic rings. The van der Waals surface area contributed by atoms with Crippen LogP contribution in [0.2, 0.25) is 0 Å². The minimum Gasteiger partial charge on any atom is -0.496 e. The predicted molar refractivity (Wildman–Crippen MR) is 113 cm³/mol. The second kappa shape index (κ2) is 7.83. The number of aryl methyl sites for hydroxylation is 1. The van der Waals surface area contributed by atoms with E-state index in [2.05, 4.69) is 5.32 Å². The molecule has 1 aliphatic heterocycles. The molecular weight excluding hydrogens is 380 g/mol. The highest BCUT2D eigenvalue weighted by atomic mass is 16.5. The summed E-state index contributed by atoms with van der Waals surface area (Å²) in [6.07, 6.45) is 0. The molecule has 30 heavy (non-hydrogen) atoms. The van der Waals surface area contributed by atoms with E-state index in [9.17, 15) is 14.4 Å². The minimum absolute atomic E-state index is 0.0705. The monoisotopic (exact) mass is 400 g/mol. The Labute approximate surface area is 174 Å². The molecule has 0 saturated carbocycles. The Balaban J connectivity index is 1.60. The van der Waals surface area contributed by atoms with Gasteiger partial charge >= 0.3 is 0 Å². The maximum atomic E-state index is 12.9.